The molecule has 2 aromatic rings. The number of carbonyl (C=O) groups is 2. The van der Waals surface area contributed by atoms with Crippen LogP contribution in [0.1, 0.15) is 75.7 Å². The zero-order valence-electron chi connectivity index (χ0n) is 12.9. The van der Waals surface area contributed by atoms with Crippen molar-refractivity contribution in [1.82, 2.24) is 4.57 Å². The van der Waals surface area contributed by atoms with Crippen molar-refractivity contribution >= 4 is 11.6 Å². The van der Waals surface area contributed by atoms with Gasteiger partial charge >= 0.3 is 0 Å². The summed E-state index contributed by atoms with van der Waals surface area (Å²) in [5, 5.41) is 0. The second-order valence-electron chi connectivity index (χ2n) is 6.65. The molecule has 0 N–H and O–H groups in total. The first-order valence-electron chi connectivity index (χ1n) is 8.03. The number of hydrogen-bond acceptors (Lipinski definition) is 2. The van der Waals surface area contributed by atoms with Crippen molar-refractivity contribution in [3.63, 3.8) is 0 Å². The van der Waals surface area contributed by atoms with Crippen LogP contribution in [0.5, 0.6) is 0 Å². The fraction of sp³-hybridized carbons (Fsp3) is 0.389. The lowest BCUT2D eigenvalue weighted by Crippen LogP contribution is -3.00. The summed E-state index contributed by atoms with van der Waals surface area (Å²) in [4.78, 5) is 26.1. The highest BCUT2D eigenvalue weighted by Crippen LogP contribution is 2.41. The summed E-state index contributed by atoms with van der Waals surface area (Å²) in [7, 11) is 0. The second-order valence-corrected chi connectivity index (χ2v) is 6.65. The van der Waals surface area contributed by atoms with Crippen LogP contribution in [-0.2, 0) is 0 Å². The van der Waals surface area contributed by atoms with Gasteiger partial charge in [0.05, 0.1) is 0 Å². The zero-order chi connectivity index (χ0) is 15.0. The maximum absolute atomic E-state index is 13.0. The Morgan fingerprint density at radius 1 is 1.00 bits per heavy atom. The molecule has 0 saturated heterocycles. The molecular formula is C18H17BrN2O2. The maximum atomic E-state index is 13.0. The minimum Gasteiger partial charge on any atom is -1.00 e. The highest BCUT2D eigenvalue weighted by Gasteiger charge is 2.49. The van der Waals surface area contributed by atoms with E-state index in [0.29, 0.717) is 34.6 Å². The van der Waals surface area contributed by atoms with Gasteiger partial charge in [-0.1, -0.05) is 24.3 Å². The van der Waals surface area contributed by atoms with Crippen LogP contribution in [0.4, 0.5) is 0 Å². The number of aromatic nitrogens is 2. The average Bonchev–Trinajstić information content (AvgIpc) is 3.42. The summed E-state index contributed by atoms with van der Waals surface area (Å²) in [5.74, 6) is 1.10. The van der Waals surface area contributed by atoms with Crippen LogP contribution in [0.25, 0.3) is 0 Å². The van der Waals surface area contributed by atoms with Crippen LogP contribution in [0.15, 0.2) is 24.3 Å². The average molecular weight is 373 g/mol. The molecule has 0 radical (unpaired) electrons. The Hall–Kier alpha value is -1.75. The van der Waals surface area contributed by atoms with Crippen LogP contribution < -0.4 is 21.5 Å². The molecule has 0 spiro atoms. The summed E-state index contributed by atoms with van der Waals surface area (Å²) in [6, 6.07) is 8.02. The predicted octanol–water partition coefficient (Wildman–Crippen LogP) is -0.467. The Balaban J connectivity index is 0.00000135. The van der Waals surface area contributed by atoms with Crippen LogP contribution in [0.2, 0.25) is 0 Å². The van der Waals surface area contributed by atoms with E-state index in [9.17, 15) is 9.59 Å². The molecule has 2 saturated carbocycles. The number of fused-ring (bicyclic) bond motifs is 2. The second kappa shape index (κ2) is 4.87. The summed E-state index contributed by atoms with van der Waals surface area (Å²) in [6.07, 6.45) is 4.43. The smallest absolute Gasteiger partial charge is 0.254 e. The predicted molar refractivity (Wildman–Crippen MR) is 79.2 cm³/mol. The lowest BCUT2D eigenvalue weighted by atomic mass is 9.90. The lowest BCUT2D eigenvalue weighted by Gasteiger charge is -2.12. The van der Waals surface area contributed by atoms with Gasteiger partial charge in [-0.15, -0.1) is 0 Å². The number of rotatable bonds is 2. The highest BCUT2D eigenvalue weighted by atomic mass is 79.9. The Labute approximate surface area is 144 Å². The molecule has 0 unspecified atom stereocenters. The SMILES string of the molecule is Cc1n(C2CC2)c2c([n+]1C1CC1)C(=O)c1ccccc1C2=O.[Br-]. The van der Waals surface area contributed by atoms with Crippen molar-refractivity contribution < 1.29 is 31.1 Å². The molecule has 4 nitrogen and oxygen atoms in total. The first-order chi connectivity index (χ1) is 10.7. The van der Waals surface area contributed by atoms with Crippen molar-refractivity contribution in [3.05, 3.63) is 52.6 Å². The molecule has 1 heterocycles. The maximum Gasteiger partial charge on any atom is 0.254 e. The van der Waals surface area contributed by atoms with Crippen LogP contribution >= 0.6 is 0 Å². The molecular weight excluding hydrogens is 356 g/mol. The molecule has 23 heavy (non-hydrogen) atoms. The molecule has 3 aliphatic rings. The Morgan fingerprint density at radius 2 is 1.61 bits per heavy atom. The molecule has 1 aromatic heterocycles. The van der Waals surface area contributed by atoms with Crippen molar-refractivity contribution in [2.24, 2.45) is 0 Å². The molecule has 1 aromatic carbocycles. The van der Waals surface area contributed by atoms with Gasteiger partial charge in [-0.25, -0.2) is 9.13 Å². The van der Waals surface area contributed by atoms with Crippen LogP contribution in [0, 0.1) is 6.92 Å². The summed E-state index contributed by atoms with van der Waals surface area (Å²) in [6.45, 7) is 2.06. The molecule has 0 atom stereocenters. The Bertz CT molecular complexity index is 792. The fourth-order valence-electron chi connectivity index (χ4n) is 3.80. The minimum absolute atomic E-state index is 0. The van der Waals surface area contributed by atoms with Gasteiger partial charge in [0, 0.05) is 18.1 Å². The number of ketones is 2. The zero-order valence-corrected chi connectivity index (χ0v) is 14.5. The molecule has 0 aliphatic heterocycles. The van der Waals surface area contributed by atoms with Gasteiger partial charge in [0.15, 0.2) is 0 Å². The first kappa shape index (κ1) is 14.8. The van der Waals surface area contributed by atoms with Gasteiger partial charge in [0.25, 0.3) is 5.82 Å². The van der Waals surface area contributed by atoms with Crippen molar-refractivity contribution in [2.75, 3.05) is 0 Å². The third kappa shape index (κ3) is 1.92. The van der Waals surface area contributed by atoms with Gasteiger partial charge in [-0.3, -0.25) is 9.59 Å². The van der Waals surface area contributed by atoms with Crippen molar-refractivity contribution in [1.29, 1.82) is 0 Å². The van der Waals surface area contributed by atoms with Gasteiger partial charge < -0.3 is 17.0 Å². The van der Waals surface area contributed by atoms with E-state index < -0.39 is 0 Å². The Morgan fingerprint density at radius 3 is 2.17 bits per heavy atom. The monoisotopic (exact) mass is 372 g/mol. The molecule has 0 amide bonds. The first-order valence-corrected chi connectivity index (χ1v) is 8.03. The Kier molecular flexibility index (Phi) is 3.14. The van der Waals surface area contributed by atoms with Crippen molar-refractivity contribution in [3.8, 4) is 0 Å². The third-order valence-corrected chi connectivity index (χ3v) is 5.07. The van der Waals surface area contributed by atoms with E-state index in [-0.39, 0.29) is 28.5 Å². The largest absolute Gasteiger partial charge is 1.00 e. The highest BCUT2D eigenvalue weighted by molar-refractivity contribution is 6.26. The molecule has 0 bridgehead atoms. The van der Waals surface area contributed by atoms with E-state index in [1.165, 1.54) is 0 Å². The van der Waals surface area contributed by atoms with Gasteiger partial charge in [0.2, 0.25) is 23.0 Å². The van der Waals surface area contributed by atoms with Gasteiger partial charge in [-0.05, 0) is 25.7 Å². The standard InChI is InChI=1S/C18H17N2O2.BrH/c1-10-19(11-6-7-11)15-16(20(10)12-8-9-12)18(22)14-5-3-2-4-13(14)17(15)21;/h2-5,11-12H,6-9H2,1H3;1H/q+1;/p-1. The van der Waals surface area contributed by atoms with Gasteiger partial charge in [-0.2, -0.15) is 0 Å². The van der Waals surface area contributed by atoms with Crippen LogP contribution in [-0.4, -0.2) is 16.1 Å². The topological polar surface area (TPSA) is 43.0 Å². The normalized spacial score (nSPS) is 19.2. The number of benzene rings is 1. The minimum atomic E-state index is 0. The van der Waals surface area contributed by atoms with E-state index in [0.717, 1.165) is 31.5 Å². The van der Waals surface area contributed by atoms with E-state index in [1.807, 2.05) is 12.1 Å². The number of carbonyl (C=O) groups excluding carboxylic acids is 2. The lowest BCUT2D eigenvalue weighted by molar-refractivity contribution is -0.707. The van der Waals surface area contributed by atoms with Crippen LogP contribution in [0.3, 0.4) is 0 Å². The molecule has 3 aliphatic carbocycles. The molecule has 5 rings (SSSR count). The van der Waals surface area contributed by atoms with E-state index >= 15 is 0 Å². The van der Waals surface area contributed by atoms with Crippen molar-refractivity contribution in [2.45, 2.75) is 44.7 Å². The number of halogens is 1. The quantitative estimate of drug-likeness (QED) is 0.571. The number of nitrogens with zero attached hydrogens (tertiary/aromatic N) is 2. The fourth-order valence-corrected chi connectivity index (χ4v) is 3.80. The van der Waals surface area contributed by atoms with E-state index in [4.69, 9.17) is 0 Å². The summed E-state index contributed by atoms with van der Waals surface area (Å²) < 4.78 is 4.29. The van der Waals surface area contributed by atoms with E-state index in [1.54, 1.807) is 12.1 Å². The number of hydrogen-bond donors (Lipinski definition) is 0. The summed E-state index contributed by atoms with van der Waals surface area (Å²) in [5.41, 5.74) is 2.39. The summed E-state index contributed by atoms with van der Waals surface area (Å²) >= 11 is 0. The number of imidazole rings is 1. The molecule has 5 heteroatoms. The van der Waals surface area contributed by atoms with E-state index in [2.05, 4.69) is 16.1 Å². The molecule has 2 fully saturated rings. The molecule has 118 valence electrons. The van der Waals surface area contributed by atoms with Gasteiger partial charge in [0.1, 0.15) is 12.1 Å². The third-order valence-electron chi connectivity index (χ3n) is 5.07.